The molecule has 2 aromatic heterocycles. The summed E-state index contributed by atoms with van der Waals surface area (Å²) in [6.45, 7) is 0. The third kappa shape index (κ3) is 5.62. The van der Waals surface area contributed by atoms with Crippen LogP contribution in [0.4, 0.5) is 0 Å². The van der Waals surface area contributed by atoms with Gasteiger partial charge in [0.2, 0.25) is 9.84 Å². The Kier molecular flexibility index (Phi) is 7.31. The number of aromatic hydroxyl groups is 2. The van der Waals surface area contributed by atoms with E-state index in [2.05, 4.69) is 0 Å². The van der Waals surface area contributed by atoms with Crippen molar-refractivity contribution in [3.8, 4) is 56.5 Å². The molecule has 236 valence electrons. The molecule has 0 saturated carbocycles. The molecule has 0 atom stereocenters. The van der Waals surface area contributed by atoms with E-state index >= 15 is 0 Å². The minimum absolute atomic E-state index is 0.0605. The lowest BCUT2D eigenvalue weighted by molar-refractivity contribution is 0.475. The van der Waals surface area contributed by atoms with Crippen LogP contribution in [0.25, 0.3) is 67.1 Å². The summed E-state index contributed by atoms with van der Waals surface area (Å²) < 4.78 is 28.3. The van der Waals surface area contributed by atoms with Gasteiger partial charge in [0, 0.05) is 22.3 Å². The molecule has 0 fully saturated rings. The minimum atomic E-state index is -4.01. The second kappa shape index (κ2) is 12.0. The molecule has 6 aromatic carbocycles. The summed E-state index contributed by atoms with van der Waals surface area (Å²) >= 11 is 0. The van der Waals surface area contributed by atoms with Gasteiger partial charge in [-0.2, -0.15) is 0 Å². The minimum Gasteiger partial charge on any atom is -0.508 e. The Hall–Kier alpha value is -6.45. The molecule has 8 aromatic rings. The highest BCUT2D eigenvalue weighted by Crippen LogP contribution is 2.35. The average molecular weight is 659 g/mol. The zero-order valence-electron chi connectivity index (χ0n) is 25.8. The van der Waals surface area contributed by atoms with Gasteiger partial charge >= 0.3 is 0 Å². The molecule has 0 aliphatic heterocycles. The number of aromatic nitrogens is 4. The van der Waals surface area contributed by atoms with Crippen LogP contribution in [-0.4, -0.2) is 38.6 Å². The monoisotopic (exact) mass is 658 g/mol. The Labute approximate surface area is 281 Å². The van der Waals surface area contributed by atoms with E-state index < -0.39 is 9.84 Å². The number of phenols is 2. The smallest absolute Gasteiger partial charge is 0.206 e. The number of fused-ring (bicyclic) bond motifs is 2. The van der Waals surface area contributed by atoms with Crippen molar-refractivity contribution in [3.63, 3.8) is 0 Å². The van der Waals surface area contributed by atoms with E-state index in [1.54, 1.807) is 60.7 Å². The molecule has 2 N–H and O–H groups in total. The van der Waals surface area contributed by atoms with Gasteiger partial charge < -0.3 is 10.2 Å². The fourth-order valence-corrected chi connectivity index (χ4v) is 7.07. The van der Waals surface area contributed by atoms with E-state index in [1.165, 1.54) is 24.3 Å². The number of benzene rings is 6. The average Bonchev–Trinajstić information content (AvgIpc) is 3.14. The normalized spacial score (nSPS) is 11.6. The van der Waals surface area contributed by atoms with Crippen LogP contribution in [0.1, 0.15) is 0 Å². The van der Waals surface area contributed by atoms with Crippen molar-refractivity contribution < 1.29 is 18.6 Å². The van der Waals surface area contributed by atoms with Crippen molar-refractivity contribution in [1.82, 2.24) is 19.9 Å². The van der Waals surface area contributed by atoms with Crippen molar-refractivity contribution in [3.05, 3.63) is 146 Å². The molecule has 0 aliphatic carbocycles. The summed E-state index contributed by atoms with van der Waals surface area (Å²) in [4.78, 5) is 19.8. The number of phenolic OH excluding ortho intramolecular Hbond substituents is 2. The molecule has 0 spiro atoms. The maximum absolute atomic E-state index is 14.1. The molecule has 9 heteroatoms. The number of hydrogen-bond donors (Lipinski definition) is 2. The lowest BCUT2D eigenvalue weighted by Gasteiger charge is -2.13. The first-order valence-corrected chi connectivity index (χ1v) is 16.9. The van der Waals surface area contributed by atoms with Crippen molar-refractivity contribution in [2.75, 3.05) is 0 Å². The fourth-order valence-electron chi connectivity index (χ4n) is 5.77. The van der Waals surface area contributed by atoms with Gasteiger partial charge in [-0.05, 0) is 84.9 Å². The van der Waals surface area contributed by atoms with Gasteiger partial charge in [0.05, 0.1) is 54.6 Å². The molecule has 0 radical (unpaired) electrons. The zero-order valence-corrected chi connectivity index (χ0v) is 26.6. The number of hydrogen-bond acceptors (Lipinski definition) is 8. The lowest BCUT2D eigenvalue weighted by Crippen LogP contribution is -2.04. The van der Waals surface area contributed by atoms with Crippen LogP contribution in [0.2, 0.25) is 0 Å². The quantitative estimate of drug-likeness (QED) is 0.182. The van der Waals surface area contributed by atoms with Crippen LogP contribution < -0.4 is 0 Å². The van der Waals surface area contributed by atoms with Gasteiger partial charge in [-0.3, -0.25) is 0 Å². The zero-order chi connectivity index (χ0) is 33.5. The Balaban J connectivity index is 1.25. The molecule has 49 heavy (non-hydrogen) atoms. The Morgan fingerprint density at radius 1 is 0.367 bits per heavy atom. The molecule has 0 bridgehead atoms. The molecular weight excluding hydrogens is 633 g/mol. The molecule has 0 aliphatic rings. The summed E-state index contributed by atoms with van der Waals surface area (Å²) in [5, 5.41) is 19.8. The fraction of sp³-hybridized carbons (Fsp3) is 0. The number of nitrogens with zero attached hydrogens (tertiary/aromatic N) is 4. The van der Waals surface area contributed by atoms with E-state index in [9.17, 15) is 18.6 Å². The Morgan fingerprint density at radius 3 is 1.06 bits per heavy atom. The number of rotatable bonds is 6. The Bertz CT molecular complexity index is 2440. The maximum atomic E-state index is 14.1. The summed E-state index contributed by atoms with van der Waals surface area (Å²) in [7, 11) is -4.01. The standard InChI is InChI=1S/C40H26N4O4S/c45-29-15-11-27(12-16-29)39-37(25-7-3-1-4-8-25)41-33-21-19-31(23-35(33)43-39)49(47,48)32-20-22-34-36(24-32)44-40(28-13-17-30(46)18-14-28)38(42-34)26-9-5-2-6-10-26/h1-24,45-46H. The highest BCUT2D eigenvalue weighted by atomic mass is 32.2. The van der Waals surface area contributed by atoms with Crippen molar-refractivity contribution >= 4 is 31.9 Å². The van der Waals surface area contributed by atoms with Gasteiger partial charge in [0.1, 0.15) is 11.5 Å². The largest absolute Gasteiger partial charge is 0.508 e. The molecule has 0 amide bonds. The number of sulfone groups is 1. The van der Waals surface area contributed by atoms with Gasteiger partial charge in [-0.25, -0.2) is 28.4 Å². The highest BCUT2D eigenvalue weighted by molar-refractivity contribution is 7.91. The van der Waals surface area contributed by atoms with E-state index in [4.69, 9.17) is 19.9 Å². The topological polar surface area (TPSA) is 126 Å². The van der Waals surface area contributed by atoms with Gasteiger partial charge in [0.25, 0.3) is 0 Å². The van der Waals surface area contributed by atoms with E-state index in [0.29, 0.717) is 44.8 Å². The molecule has 0 saturated heterocycles. The van der Waals surface area contributed by atoms with Gasteiger partial charge in [-0.15, -0.1) is 0 Å². The SMILES string of the molecule is O=S(=O)(c1ccc2nc(-c3ccccc3)c(-c3ccc(O)cc3)nc2c1)c1ccc2nc(-c3ccccc3)c(-c3ccc(O)cc3)nc2c1. The maximum Gasteiger partial charge on any atom is 0.206 e. The van der Waals surface area contributed by atoms with E-state index in [-0.39, 0.29) is 21.3 Å². The van der Waals surface area contributed by atoms with Crippen LogP contribution >= 0.6 is 0 Å². The third-order valence-corrected chi connectivity index (χ3v) is 10.0. The van der Waals surface area contributed by atoms with Gasteiger partial charge in [-0.1, -0.05) is 60.7 Å². The summed E-state index contributed by atoms with van der Waals surface area (Å²) in [6.07, 6.45) is 0. The third-order valence-electron chi connectivity index (χ3n) is 8.27. The van der Waals surface area contributed by atoms with E-state index in [0.717, 1.165) is 22.3 Å². The van der Waals surface area contributed by atoms with Crippen LogP contribution in [-0.2, 0) is 9.84 Å². The molecular formula is C40H26N4O4S. The lowest BCUT2D eigenvalue weighted by atomic mass is 10.0. The molecule has 2 heterocycles. The summed E-state index contributed by atoms with van der Waals surface area (Å²) in [6, 6.07) is 42.1. The highest BCUT2D eigenvalue weighted by Gasteiger charge is 2.22. The molecule has 8 nitrogen and oxygen atoms in total. The van der Waals surface area contributed by atoms with Crippen molar-refractivity contribution in [2.24, 2.45) is 0 Å². The Morgan fingerprint density at radius 2 is 0.694 bits per heavy atom. The molecule has 0 unspecified atom stereocenters. The van der Waals surface area contributed by atoms with Crippen LogP contribution in [0.5, 0.6) is 11.5 Å². The predicted molar refractivity (Wildman–Crippen MR) is 190 cm³/mol. The second-order valence-corrected chi connectivity index (χ2v) is 13.4. The van der Waals surface area contributed by atoms with Crippen molar-refractivity contribution in [1.29, 1.82) is 0 Å². The second-order valence-electron chi connectivity index (χ2n) is 11.5. The predicted octanol–water partition coefficient (Wildman–Crippen LogP) is 8.49. The van der Waals surface area contributed by atoms with Crippen LogP contribution in [0.15, 0.2) is 155 Å². The summed E-state index contributed by atoms with van der Waals surface area (Å²) in [5.41, 5.74) is 7.47. The van der Waals surface area contributed by atoms with Crippen molar-refractivity contribution in [2.45, 2.75) is 9.79 Å². The van der Waals surface area contributed by atoms with Crippen LogP contribution in [0.3, 0.4) is 0 Å². The molecule has 8 rings (SSSR count). The first-order chi connectivity index (χ1) is 23.8. The van der Waals surface area contributed by atoms with Gasteiger partial charge in [0.15, 0.2) is 0 Å². The summed E-state index contributed by atoms with van der Waals surface area (Å²) in [5.74, 6) is 0.248. The first kappa shape index (κ1) is 29.9. The van der Waals surface area contributed by atoms with Crippen LogP contribution in [0, 0.1) is 0 Å². The first-order valence-electron chi connectivity index (χ1n) is 15.4. The van der Waals surface area contributed by atoms with E-state index in [1.807, 2.05) is 60.7 Å².